The van der Waals surface area contributed by atoms with Crippen LogP contribution in [-0.2, 0) is 11.2 Å². The third kappa shape index (κ3) is 5.86. The molecule has 0 unspecified atom stereocenters. The summed E-state index contributed by atoms with van der Waals surface area (Å²) in [5.74, 6) is 1.04. The number of thioether (sulfide) groups is 1. The van der Waals surface area contributed by atoms with Gasteiger partial charge in [-0.2, -0.15) is 5.10 Å². The number of rotatable bonds is 10. The zero-order valence-electron chi connectivity index (χ0n) is 19.3. The summed E-state index contributed by atoms with van der Waals surface area (Å²) in [5, 5.41) is 18.0. The lowest BCUT2D eigenvalue weighted by Gasteiger charge is -2.36. The quantitative estimate of drug-likeness (QED) is 0.426. The Bertz CT molecular complexity index is 1090. The molecule has 1 fully saturated rings. The largest absolute Gasteiger partial charge is 0.497 e. The van der Waals surface area contributed by atoms with E-state index in [2.05, 4.69) is 26.1 Å². The fourth-order valence-corrected chi connectivity index (χ4v) is 5.71. The second kappa shape index (κ2) is 11.0. The Morgan fingerprint density at radius 2 is 2.24 bits per heavy atom. The Morgan fingerprint density at radius 3 is 3.00 bits per heavy atom. The number of nitrogens with one attached hydrogen (secondary N) is 1. The number of aryl methyl sites for hydroxylation is 2. The average Bonchev–Trinajstić information content (AvgIpc) is 3.24. The number of benzene rings is 1. The molecule has 0 saturated carbocycles. The van der Waals surface area contributed by atoms with Gasteiger partial charge in [0.1, 0.15) is 5.75 Å². The van der Waals surface area contributed by atoms with Gasteiger partial charge in [0, 0.05) is 41.0 Å². The number of methoxy groups -OCH3 is 1. The molecule has 1 aliphatic rings. The molecular weight excluding hydrogens is 436 g/mol. The lowest BCUT2D eigenvalue weighted by Crippen LogP contribution is -2.44. The minimum Gasteiger partial charge on any atom is -0.497 e. The van der Waals surface area contributed by atoms with Crippen molar-refractivity contribution in [2.75, 3.05) is 32.5 Å². The summed E-state index contributed by atoms with van der Waals surface area (Å²) in [4.78, 5) is 20.0. The number of fused-ring (bicyclic) bond motifs is 1. The van der Waals surface area contributed by atoms with E-state index in [4.69, 9.17) is 4.74 Å². The Morgan fingerprint density at radius 1 is 1.36 bits per heavy atom. The summed E-state index contributed by atoms with van der Waals surface area (Å²) in [5.41, 5.74) is 3.30. The standard InChI is InChI=1S/C25H32N4O3S/c1-17-24(15-27-28-17)33-13-12-29-11-9-19(22(16-29)25(30)31)5-3-4-18-8-10-26-23-7-6-20(32-2)14-21(18)23/h6-8,10,14-15,19,22H,3-5,9,11-13,16H2,1-2H3,(H,27,28)(H,30,31)/t19-,22+/m1/s1. The van der Waals surface area contributed by atoms with Crippen LogP contribution in [0.1, 0.15) is 30.5 Å². The molecule has 0 radical (unpaired) electrons. The van der Waals surface area contributed by atoms with Gasteiger partial charge in [0.15, 0.2) is 0 Å². The molecule has 2 atom stereocenters. The number of ether oxygens (including phenoxy) is 1. The highest BCUT2D eigenvalue weighted by Crippen LogP contribution is 2.30. The van der Waals surface area contributed by atoms with Crippen LogP contribution in [0.5, 0.6) is 5.75 Å². The van der Waals surface area contributed by atoms with Crippen molar-refractivity contribution in [3.63, 3.8) is 0 Å². The molecule has 0 aliphatic carbocycles. The van der Waals surface area contributed by atoms with Gasteiger partial charge in [-0.25, -0.2) is 0 Å². The van der Waals surface area contributed by atoms with Crippen LogP contribution in [0, 0.1) is 18.8 Å². The Kier molecular flexibility index (Phi) is 7.88. The van der Waals surface area contributed by atoms with Crippen molar-refractivity contribution in [2.24, 2.45) is 11.8 Å². The van der Waals surface area contributed by atoms with E-state index in [9.17, 15) is 9.90 Å². The van der Waals surface area contributed by atoms with Crippen LogP contribution in [0.3, 0.4) is 0 Å². The summed E-state index contributed by atoms with van der Waals surface area (Å²) >= 11 is 1.78. The van der Waals surface area contributed by atoms with Crippen LogP contribution in [0.25, 0.3) is 10.9 Å². The number of aromatic nitrogens is 3. The zero-order valence-corrected chi connectivity index (χ0v) is 20.1. The van der Waals surface area contributed by atoms with Crippen LogP contribution >= 0.6 is 11.8 Å². The minimum absolute atomic E-state index is 0.227. The predicted molar refractivity (Wildman–Crippen MR) is 131 cm³/mol. The molecule has 2 N–H and O–H groups in total. The number of piperidine rings is 1. The van der Waals surface area contributed by atoms with Gasteiger partial charge in [-0.15, -0.1) is 11.8 Å². The number of likely N-dealkylation sites (tertiary alicyclic amines) is 1. The van der Waals surface area contributed by atoms with Crippen molar-refractivity contribution in [1.29, 1.82) is 0 Å². The zero-order chi connectivity index (χ0) is 23.2. The summed E-state index contributed by atoms with van der Waals surface area (Å²) < 4.78 is 5.38. The third-order valence-electron chi connectivity index (χ3n) is 6.67. The van der Waals surface area contributed by atoms with Gasteiger partial charge in [-0.3, -0.25) is 14.9 Å². The summed E-state index contributed by atoms with van der Waals surface area (Å²) in [6.45, 7) is 4.53. The molecule has 176 valence electrons. The highest BCUT2D eigenvalue weighted by atomic mass is 32.2. The van der Waals surface area contributed by atoms with E-state index in [0.29, 0.717) is 6.54 Å². The van der Waals surface area contributed by atoms with E-state index < -0.39 is 5.97 Å². The van der Waals surface area contributed by atoms with Crippen molar-refractivity contribution >= 4 is 28.6 Å². The number of nitrogens with zero attached hydrogens (tertiary/aromatic N) is 3. The van der Waals surface area contributed by atoms with Gasteiger partial charge >= 0.3 is 5.97 Å². The number of carboxylic acid groups (broad SMARTS) is 1. The molecule has 0 spiro atoms. The predicted octanol–water partition coefficient (Wildman–Crippen LogP) is 4.41. The van der Waals surface area contributed by atoms with Crippen molar-refractivity contribution in [3.05, 3.63) is 47.9 Å². The maximum atomic E-state index is 12.0. The lowest BCUT2D eigenvalue weighted by atomic mass is 9.81. The third-order valence-corrected chi connectivity index (χ3v) is 7.78. The molecule has 8 heteroatoms. The fourth-order valence-electron chi connectivity index (χ4n) is 4.75. The van der Waals surface area contributed by atoms with Crippen LogP contribution in [0.4, 0.5) is 0 Å². The smallest absolute Gasteiger partial charge is 0.308 e. The number of pyridine rings is 1. The van der Waals surface area contributed by atoms with Crippen LogP contribution < -0.4 is 4.74 Å². The van der Waals surface area contributed by atoms with E-state index in [-0.39, 0.29) is 11.8 Å². The first-order valence-corrected chi connectivity index (χ1v) is 12.5. The van der Waals surface area contributed by atoms with Crippen molar-refractivity contribution in [2.45, 2.75) is 37.5 Å². The molecule has 0 amide bonds. The fraction of sp³-hybridized carbons (Fsp3) is 0.480. The number of hydrogen-bond acceptors (Lipinski definition) is 6. The molecule has 3 heterocycles. The molecule has 7 nitrogen and oxygen atoms in total. The molecule has 1 saturated heterocycles. The van der Waals surface area contributed by atoms with E-state index in [0.717, 1.165) is 66.9 Å². The Hall–Kier alpha value is -2.58. The lowest BCUT2D eigenvalue weighted by molar-refractivity contribution is -0.146. The van der Waals surface area contributed by atoms with Crippen molar-refractivity contribution in [3.8, 4) is 5.75 Å². The van der Waals surface area contributed by atoms with E-state index in [1.54, 1.807) is 18.9 Å². The first-order valence-electron chi connectivity index (χ1n) is 11.5. The van der Waals surface area contributed by atoms with Crippen LogP contribution in [-0.4, -0.2) is 63.7 Å². The SMILES string of the molecule is COc1ccc2nccc(CCC[C@@H]3CCN(CCSc4cn[nH]c4C)C[C@@H]3C(=O)O)c2c1. The summed E-state index contributed by atoms with van der Waals surface area (Å²) in [6.07, 6.45) is 7.47. The highest BCUT2D eigenvalue weighted by Gasteiger charge is 2.33. The van der Waals surface area contributed by atoms with Crippen molar-refractivity contribution in [1.82, 2.24) is 20.1 Å². The van der Waals surface area contributed by atoms with E-state index in [1.165, 1.54) is 10.5 Å². The maximum Gasteiger partial charge on any atom is 0.308 e. The van der Waals surface area contributed by atoms with Crippen LogP contribution in [0.2, 0.25) is 0 Å². The first kappa shape index (κ1) is 23.6. The molecular formula is C25H32N4O3S. The van der Waals surface area contributed by atoms with Gasteiger partial charge in [0.25, 0.3) is 0 Å². The van der Waals surface area contributed by atoms with Gasteiger partial charge in [0.2, 0.25) is 0 Å². The van der Waals surface area contributed by atoms with Gasteiger partial charge in [0.05, 0.1) is 24.7 Å². The molecule has 1 aliphatic heterocycles. The number of aromatic amines is 1. The summed E-state index contributed by atoms with van der Waals surface area (Å²) in [6, 6.07) is 8.02. The molecule has 0 bridgehead atoms. The highest BCUT2D eigenvalue weighted by molar-refractivity contribution is 7.99. The van der Waals surface area contributed by atoms with Gasteiger partial charge in [-0.05, 0) is 74.9 Å². The number of H-pyrrole nitrogens is 1. The second-order valence-electron chi connectivity index (χ2n) is 8.75. The molecule has 1 aromatic carbocycles. The van der Waals surface area contributed by atoms with E-state index in [1.807, 2.05) is 37.5 Å². The Balaban J connectivity index is 1.30. The molecule has 3 aromatic rings. The van der Waals surface area contributed by atoms with Crippen LogP contribution in [0.15, 0.2) is 41.6 Å². The minimum atomic E-state index is -0.665. The molecule has 2 aromatic heterocycles. The van der Waals surface area contributed by atoms with Gasteiger partial charge in [-0.1, -0.05) is 0 Å². The number of aliphatic carboxylic acids is 1. The summed E-state index contributed by atoms with van der Waals surface area (Å²) in [7, 11) is 1.67. The second-order valence-corrected chi connectivity index (χ2v) is 9.88. The number of carboxylic acids is 1. The molecule has 4 rings (SSSR count). The van der Waals surface area contributed by atoms with Crippen molar-refractivity contribution < 1.29 is 14.6 Å². The number of hydrogen-bond donors (Lipinski definition) is 2. The number of carbonyl (C=O) groups is 1. The molecule has 33 heavy (non-hydrogen) atoms. The topological polar surface area (TPSA) is 91.3 Å². The van der Waals surface area contributed by atoms with Gasteiger partial charge < -0.3 is 14.7 Å². The normalized spacial score (nSPS) is 19.1. The Labute approximate surface area is 198 Å². The monoisotopic (exact) mass is 468 g/mol. The van der Waals surface area contributed by atoms with E-state index >= 15 is 0 Å². The first-order chi connectivity index (χ1) is 16.0. The maximum absolute atomic E-state index is 12.0. The average molecular weight is 469 g/mol.